The Hall–Kier alpha value is -2.93. The number of aromatic nitrogens is 2. The summed E-state index contributed by atoms with van der Waals surface area (Å²) in [6.45, 7) is 2.77. The second-order valence-electron chi connectivity index (χ2n) is 6.41. The van der Waals surface area contributed by atoms with Crippen LogP contribution in [0.25, 0.3) is 11.4 Å². The quantitative estimate of drug-likeness (QED) is 0.631. The van der Waals surface area contributed by atoms with Gasteiger partial charge in [-0.05, 0) is 49.4 Å². The smallest absolute Gasteiger partial charge is 0.232 e. The van der Waals surface area contributed by atoms with Crippen molar-refractivity contribution in [2.24, 2.45) is 0 Å². The van der Waals surface area contributed by atoms with Crippen LogP contribution in [0.2, 0.25) is 5.02 Å². The molecule has 0 bridgehead atoms. The van der Waals surface area contributed by atoms with E-state index in [0.29, 0.717) is 18.3 Å². The van der Waals surface area contributed by atoms with Gasteiger partial charge in [0.05, 0.1) is 18.2 Å². The van der Waals surface area contributed by atoms with Gasteiger partial charge in [-0.1, -0.05) is 16.8 Å². The highest BCUT2D eigenvalue weighted by Crippen LogP contribution is 2.34. The number of rotatable bonds is 5. The van der Waals surface area contributed by atoms with Crippen molar-refractivity contribution in [1.82, 2.24) is 10.1 Å². The Kier molecular flexibility index (Phi) is 5.00. The van der Waals surface area contributed by atoms with E-state index in [-0.39, 0.29) is 35.5 Å². The van der Waals surface area contributed by atoms with Crippen LogP contribution in [-0.2, 0) is 4.79 Å². The summed E-state index contributed by atoms with van der Waals surface area (Å²) in [4.78, 5) is 18.2. The third kappa shape index (κ3) is 3.57. The summed E-state index contributed by atoms with van der Waals surface area (Å²) in [7, 11) is 0. The van der Waals surface area contributed by atoms with Crippen molar-refractivity contribution in [2.75, 3.05) is 18.1 Å². The highest BCUT2D eigenvalue weighted by molar-refractivity contribution is 6.30. The van der Waals surface area contributed by atoms with E-state index in [1.807, 2.05) is 31.2 Å². The molecule has 4 rings (SSSR count). The molecule has 1 aromatic heterocycles. The van der Waals surface area contributed by atoms with Gasteiger partial charge in [-0.25, -0.2) is 4.39 Å². The van der Waals surface area contributed by atoms with E-state index >= 15 is 0 Å². The van der Waals surface area contributed by atoms with Crippen molar-refractivity contribution in [3.05, 3.63) is 59.2 Å². The Bertz CT molecular complexity index is 1010. The fourth-order valence-corrected chi connectivity index (χ4v) is 3.35. The molecule has 1 aliphatic heterocycles. The van der Waals surface area contributed by atoms with Crippen LogP contribution in [-0.4, -0.2) is 29.2 Å². The summed E-state index contributed by atoms with van der Waals surface area (Å²) in [5, 5.41) is 4.29. The molecule has 1 amide bonds. The van der Waals surface area contributed by atoms with Gasteiger partial charge in [-0.3, -0.25) is 4.79 Å². The Balaban J connectivity index is 1.52. The second-order valence-corrected chi connectivity index (χ2v) is 6.85. The van der Waals surface area contributed by atoms with Crippen molar-refractivity contribution >= 4 is 23.2 Å². The van der Waals surface area contributed by atoms with Gasteiger partial charge in [0.15, 0.2) is 0 Å². The van der Waals surface area contributed by atoms with E-state index in [1.54, 1.807) is 6.07 Å². The van der Waals surface area contributed by atoms with Crippen LogP contribution in [0, 0.1) is 5.82 Å². The minimum Gasteiger partial charge on any atom is -0.494 e. The lowest BCUT2D eigenvalue weighted by Gasteiger charge is -2.16. The first-order chi connectivity index (χ1) is 13.5. The van der Waals surface area contributed by atoms with Gasteiger partial charge in [0, 0.05) is 23.6 Å². The van der Waals surface area contributed by atoms with Crippen LogP contribution in [0.1, 0.15) is 25.2 Å². The van der Waals surface area contributed by atoms with Gasteiger partial charge in [-0.15, -0.1) is 0 Å². The molecule has 1 fully saturated rings. The van der Waals surface area contributed by atoms with Gasteiger partial charge < -0.3 is 14.2 Å². The zero-order valence-electron chi connectivity index (χ0n) is 15.1. The van der Waals surface area contributed by atoms with Crippen LogP contribution in [0.15, 0.2) is 47.0 Å². The van der Waals surface area contributed by atoms with Crippen molar-refractivity contribution in [3.63, 3.8) is 0 Å². The number of halogens is 2. The van der Waals surface area contributed by atoms with Crippen LogP contribution < -0.4 is 9.64 Å². The van der Waals surface area contributed by atoms with E-state index in [9.17, 15) is 9.18 Å². The molecule has 144 valence electrons. The first-order valence-electron chi connectivity index (χ1n) is 8.87. The molecule has 2 heterocycles. The average molecular weight is 402 g/mol. The molecule has 0 aliphatic carbocycles. The fourth-order valence-electron chi connectivity index (χ4n) is 3.19. The SMILES string of the molecule is CCOc1ccc(-c2noc(C3CC(=O)N(c4ccc(Cl)cc4F)C3)n2)cc1. The molecule has 1 aliphatic rings. The van der Waals surface area contributed by atoms with Gasteiger partial charge in [0.25, 0.3) is 0 Å². The predicted octanol–water partition coefficient (Wildman–Crippen LogP) is 4.45. The fraction of sp³-hybridized carbons (Fsp3) is 0.250. The molecule has 8 heteroatoms. The molecule has 0 N–H and O–H groups in total. The monoisotopic (exact) mass is 401 g/mol. The van der Waals surface area contributed by atoms with Gasteiger partial charge in [0.1, 0.15) is 11.6 Å². The molecule has 0 spiro atoms. The van der Waals surface area contributed by atoms with Gasteiger partial charge >= 0.3 is 0 Å². The third-order valence-corrected chi connectivity index (χ3v) is 4.78. The van der Waals surface area contributed by atoms with E-state index in [4.69, 9.17) is 20.9 Å². The van der Waals surface area contributed by atoms with E-state index in [0.717, 1.165) is 11.3 Å². The zero-order chi connectivity index (χ0) is 19.7. The van der Waals surface area contributed by atoms with Gasteiger partial charge in [0.2, 0.25) is 17.6 Å². The highest BCUT2D eigenvalue weighted by Gasteiger charge is 2.36. The summed E-state index contributed by atoms with van der Waals surface area (Å²) in [5.74, 6) is 0.508. The van der Waals surface area contributed by atoms with E-state index in [1.165, 1.54) is 17.0 Å². The molecular weight excluding hydrogens is 385 g/mol. The molecule has 0 radical (unpaired) electrons. The lowest BCUT2D eigenvalue weighted by Crippen LogP contribution is -2.25. The molecular formula is C20H17ClFN3O3. The maximum absolute atomic E-state index is 14.2. The molecule has 1 unspecified atom stereocenters. The van der Waals surface area contributed by atoms with Crippen molar-refractivity contribution in [3.8, 4) is 17.1 Å². The lowest BCUT2D eigenvalue weighted by atomic mass is 10.1. The normalized spacial score (nSPS) is 16.6. The standard InChI is InChI=1S/C20H17ClFN3O3/c1-2-27-15-6-3-12(4-7-15)19-23-20(28-24-19)13-9-18(26)25(11-13)17-8-5-14(21)10-16(17)22/h3-8,10,13H,2,9,11H2,1H3. The molecule has 2 aromatic carbocycles. The average Bonchev–Trinajstić information content (AvgIpc) is 3.30. The van der Waals surface area contributed by atoms with Crippen molar-refractivity contribution < 1.29 is 18.4 Å². The number of amides is 1. The Morgan fingerprint density at radius 3 is 2.79 bits per heavy atom. The summed E-state index contributed by atoms with van der Waals surface area (Å²) < 4.78 is 25.0. The lowest BCUT2D eigenvalue weighted by molar-refractivity contribution is -0.117. The van der Waals surface area contributed by atoms with Crippen LogP contribution in [0.5, 0.6) is 5.75 Å². The number of carbonyl (C=O) groups is 1. The Morgan fingerprint density at radius 1 is 1.29 bits per heavy atom. The Labute approximate surface area is 165 Å². The molecule has 3 aromatic rings. The number of ether oxygens (including phenoxy) is 1. The first kappa shape index (κ1) is 18.4. The minimum atomic E-state index is -0.540. The first-order valence-corrected chi connectivity index (χ1v) is 9.25. The molecule has 6 nitrogen and oxygen atoms in total. The Morgan fingerprint density at radius 2 is 2.07 bits per heavy atom. The number of nitrogens with zero attached hydrogens (tertiary/aromatic N) is 3. The number of anilines is 1. The van der Waals surface area contributed by atoms with E-state index < -0.39 is 5.82 Å². The van der Waals surface area contributed by atoms with Gasteiger partial charge in [-0.2, -0.15) is 4.98 Å². The van der Waals surface area contributed by atoms with Crippen LogP contribution in [0.4, 0.5) is 10.1 Å². The molecule has 28 heavy (non-hydrogen) atoms. The maximum atomic E-state index is 14.2. The number of hydrogen-bond acceptors (Lipinski definition) is 5. The molecule has 1 saturated heterocycles. The van der Waals surface area contributed by atoms with Crippen molar-refractivity contribution in [1.29, 1.82) is 0 Å². The number of hydrogen-bond donors (Lipinski definition) is 0. The maximum Gasteiger partial charge on any atom is 0.232 e. The minimum absolute atomic E-state index is 0.174. The number of benzene rings is 2. The molecule has 1 atom stereocenters. The highest BCUT2D eigenvalue weighted by atomic mass is 35.5. The predicted molar refractivity (Wildman–Crippen MR) is 102 cm³/mol. The zero-order valence-corrected chi connectivity index (χ0v) is 15.8. The van der Waals surface area contributed by atoms with E-state index in [2.05, 4.69) is 10.1 Å². The van der Waals surface area contributed by atoms with Crippen molar-refractivity contribution in [2.45, 2.75) is 19.3 Å². The third-order valence-electron chi connectivity index (χ3n) is 4.54. The summed E-state index contributed by atoms with van der Waals surface area (Å²) in [6.07, 6.45) is 0.174. The van der Waals surface area contributed by atoms with Crippen LogP contribution >= 0.6 is 11.6 Å². The largest absolute Gasteiger partial charge is 0.494 e. The summed E-state index contributed by atoms with van der Waals surface area (Å²) in [6, 6.07) is 11.6. The number of carbonyl (C=O) groups excluding carboxylic acids is 1. The summed E-state index contributed by atoms with van der Waals surface area (Å²) >= 11 is 5.79. The second kappa shape index (κ2) is 7.59. The molecule has 0 saturated carbocycles. The topological polar surface area (TPSA) is 68.5 Å². The van der Waals surface area contributed by atoms with Crippen LogP contribution in [0.3, 0.4) is 0 Å². The summed E-state index contributed by atoms with van der Waals surface area (Å²) in [5.41, 5.74) is 0.978.